The number of carbonyl (C=O) groups is 1. The molecule has 0 saturated carbocycles. The lowest BCUT2D eigenvalue weighted by Crippen LogP contribution is -2.03. The Balaban J connectivity index is 1.92. The van der Waals surface area contributed by atoms with Crippen molar-refractivity contribution in [1.29, 1.82) is 0 Å². The Bertz CT molecular complexity index is 1420. The Labute approximate surface area is 203 Å². The van der Waals surface area contributed by atoms with E-state index in [0.717, 1.165) is 12.8 Å². The van der Waals surface area contributed by atoms with Crippen LogP contribution in [0.25, 0.3) is 21.7 Å². The molecule has 0 atom stereocenters. The summed E-state index contributed by atoms with van der Waals surface area (Å²) in [7, 11) is 0. The first-order valence-electron chi connectivity index (χ1n) is 11.4. The highest BCUT2D eigenvalue weighted by atomic mass is 16.4. The van der Waals surface area contributed by atoms with Gasteiger partial charge in [-0.05, 0) is 77.1 Å². The second-order valence-electron chi connectivity index (χ2n) is 8.87. The Kier molecular flexibility index (Phi) is 8.02. The Morgan fingerprint density at radius 1 is 0.914 bits per heavy atom. The van der Waals surface area contributed by atoms with Crippen molar-refractivity contribution in [3.63, 3.8) is 0 Å². The minimum Gasteiger partial charge on any atom is -0.508 e. The van der Waals surface area contributed by atoms with Crippen LogP contribution in [0.15, 0.2) is 68.4 Å². The molecule has 0 aliphatic carbocycles. The number of aliphatic carboxylic acids is 1. The molecule has 4 N–H and O–H groups in total. The molecule has 0 bridgehead atoms. The van der Waals surface area contributed by atoms with Crippen LogP contribution in [0.4, 0.5) is 0 Å². The zero-order chi connectivity index (χ0) is 25.7. The lowest BCUT2D eigenvalue weighted by atomic mass is 9.99. The summed E-state index contributed by atoms with van der Waals surface area (Å²) in [6, 6.07) is 5.15. The van der Waals surface area contributed by atoms with E-state index < -0.39 is 11.6 Å². The van der Waals surface area contributed by atoms with Gasteiger partial charge in [-0.2, -0.15) is 0 Å². The van der Waals surface area contributed by atoms with Gasteiger partial charge in [0.15, 0.2) is 0 Å². The predicted molar refractivity (Wildman–Crippen MR) is 136 cm³/mol. The number of carboxylic acids is 1. The first kappa shape index (κ1) is 25.6. The molecule has 3 rings (SSSR count). The van der Waals surface area contributed by atoms with Crippen LogP contribution in [0.5, 0.6) is 17.2 Å². The minimum atomic E-state index is -1.04. The van der Waals surface area contributed by atoms with E-state index in [-0.39, 0.29) is 51.0 Å². The second kappa shape index (κ2) is 11.0. The van der Waals surface area contributed by atoms with Gasteiger partial charge in [-0.3, -0.25) is 0 Å². The second-order valence-corrected chi connectivity index (χ2v) is 8.87. The van der Waals surface area contributed by atoms with Gasteiger partial charge >= 0.3 is 11.6 Å². The smallest absolute Gasteiger partial charge is 0.348 e. The summed E-state index contributed by atoms with van der Waals surface area (Å²) in [6.07, 6.45) is 8.60. The van der Waals surface area contributed by atoms with E-state index in [2.05, 4.69) is 19.9 Å². The van der Waals surface area contributed by atoms with Gasteiger partial charge in [-0.25, -0.2) is 9.59 Å². The maximum absolute atomic E-state index is 12.5. The normalized spacial score (nSPS) is 12.3. The summed E-state index contributed by atoms with van der Waals surface area (Å²) in [5, 5.41) is 40.5. The lowest BCUT2D eigenvalue weighted by Gasteiger charge is -2.10. The number of fused-ring (bicyclic) bond motifs is 3. The monoisotopic (exact) mass is 478 g/mol. The van der Waals surface area contributed by atoms with Crippen LogP contribution < -0.4 is 5.63 Å². The predicted octanol–water partition coefficient (Wildman–Crippen LogP) is 6.09. The number of allylic oxidation sites excluding steroid dienone is 5. The molecule has 184 valence electrons. The first-order chi connectivity index (χ1) is 16.6. The molecule has 1 aromatic heterocycles. The van der Waals surface area contributed by atoms with Gasteiger partial charge in [-0.15, -0.1) is 0 Å². The summed E-state index contributed by atoms with van der Waals surface area (Å²) in [6.45, 7) is 6.14. The van der Waals surface area contributed by atoms with Gasteiger partial charge in [0.1, 0.15) is 28.2 Å². The molecule has 7 nitrogen and oxygen atoms in total. The molecule has 7 heteroatoms. The lowest BCUT2D eigenvalue weighted by molar-refractivity contribution is -0.132. The molecular weight excluding hydrogens is 448 g/mol. The number of carboxylic acid groups (broad SMARTS) is 1. The summed E-state index contributed by atoms with van der Waals surface area (Å²) in [4.78, 5) is 24.4. The molecule has 0 amide bonds. The molecule has 0 unspecified atom stereocenters. The van der Waals surface area contributed by atoms with Gasteiger partial charge < -0.3 is 24.8 Å². The molecular formula is C28H30O7. The van der Waals surface area contributed by atoms with E-state index in [9.17, 15) is 30.0 Å². The van der Waals surface area contributed by atoms with Crippen molar-refractivity contribution in [3.05, 3.63) is 75.2 Å². The summed E-state index contributed by atoms with van der Waals surface area (Å²) >= 11 is 0. The van der Waals surface area contributed by atoms with Crippen molar-refractivity contribution in [2.45, 2.75) is 52.9 Å². The van der Waals surface area contributed by atoms with Crippen LogP contribution >= 0.6 is 0 Å². The molecule has 2 aromatic carbocycles. The third-order valence-electron chi connectivity index (χ3n) is 5.82. The highest BCUT2D eigenvalue weighted by Crippen LogP contribution is 2.37. The average molecular weight is 479 g/mol. The maximum Gasteiger partial charge on any atom is 0.348 e. The maximum atomic E-state index is 12.5. The van der Waals surface area contributed by atoms with Crippen molar-refractivity contribution in [2.75, 3.05) is 0 Å². The zero-order valence-electron chi connectivity index (χ0n) is 20.1. The third-order valence-corrected chi connectivity index (χ3v) is 5.82. The molecule has 0 aliphatic heterocycles. The topological polar surface area (TPSA) is 128 Å². The number of aromatic hydroxyl groups is 3. The largest absolute Gasteiger partial charge is 0.508 e. The SMILES string of the molecule is CC(C)=CCC/C(C)=C/CC/C(=C/Cc1cc(O)cc2c1oc(=O)c1c(O)ccc(O)c12)C(=O)O. The fourth-order valence-electron chi connectivity index (χ4n) is 4.03. The van der Waals surface area contributed by atoms with Gasteiger partial charge in [-0.1, -0.05) is 29.4 Å². The van der Waals surface area contributed by atoms with Crippen LogP contribution in [-0.2, 0) is 11.2 Å². The summed E-state index contributed by atoms with van der Waals surface area (Å²) in [5.74, 6) is -1.79. The molecule has 35 heavy (non-hydrogen) atoms. The fraction of sp³-hybridized carbons (Fsp3) is 0.286. The number of rotatable bonds is 9. The Morgan fingerprint density at radius 2 is 1.57 bits per heavy atom. The molecule has 1 heterocycles. The van der Waals surface area contributed by atoms with Gasteiger partial charge in [0.05, 0.1) is 0 Å². The quantitative estimate of drug-likeness (QED) is 0.0963. The van der Waals surface area contributed by atoms with E-state index >= 15 is 0 Å². The van der Waals surface area contributed by atoms with E-state index in [4.69, 9.17) is 4.42 Å². The van der Waals surface area contributed by atoms with Crippen molar-refractivity contribution >= 4 is 27.7 Å². The van der Waals surface area contributed by atoms with E-state index in [1.54, 1.807) is 0 Å². The standard InChI is InChI=1S/C28H30O7/c1-16(2)6-4-7-17(3)8-5-9-18(27(32)33)10-11-19-14-20(29)15-21-24-22(30)12-13-23(31)25(24)28(34)35-26(19)21/h6,8,10,12-15,29-31H,4-5,7,9,11H2,1-3H3,(H,32,33)/b17-8+,18-10-. The molecule has 3 aromatic rings. The van der Waals surface area contributed by atoms with Gasteiger partial charge in [0, 0.05) is 21.9 Å². The summed E-state index contributed by atoms with van der Waals surface area (Å²) in [5.41, 5.74) is 2.32. The van der Waals surface area contributed by atoms with Crippen LogP contribution in [0.1, 0.15) is 52.0 Å². The highest BCUT2D eigenvalue weighted by Gasteiger charge is 2.18. The fourth-order valence-corrected chi connectivity index (χ4v) is 4.03. The number of hydrogen-bond donors (Lipinski definition) is 4. The van der Waals surface area contributed by atoms with Crippen LogP contribution in [0.2, 0.25) is 0 Å². The highest BCUT2D eigenvalue weighted by molar-refractivity contribution is 6.10. The molecule has 0 saturated heterocycles. The molecule has 0 aliphatic rings. The van der Waals surface area contributed by atoms with Gasteiger partial charge in [0.25, 0.3) is 0 Å². The van der Waals surface area contributed by atoms with Crippen LogP contribution in [0, 0.1) is 0 Å². The average Bonchev–Trinajstić information content (AvgIpc) is 2.78. The number of phenols is 3. The minimum absolute atomic E-state index is 0.0598. The molecule has 0 radical (unpaired) electrons. The number of hydrogen-bond acceptors (Lipinski definition) is 6. The van der Waals surface area contributed by atoms with Crippen LogP contribution in [0.3, 0.4) is 0 Å². The number of phenolic OH excluding ortho intramolecular Hbond substituents is 3. The van der Waals surface area contributed by atoms with Gasteiger partial charge in [0.2, 0.25) is 0 Å². The Morgan fingerprint density at radius 3 is 2.23 bits per heavy atom. The number of benzene rings is 2. The Hall–Kier alpha value is -4.00. The molecule has 0 fully saturated rings. The zero-order valence-corrected chi connectivity index (χ0v) is 20.1. The van der Waals surface area contributed by atoms with Crippen molar-refractivity contribution in [2.24, 2.45) is 0 Å². The van der Waals surface area contributed by atoms with E-state index in [0.29, 0.717) is 18.4 Å². The van der Waals surface area contributed by atoms with Crippen molar-refractivity contribution in [1.82, 2.24) is 0 Å². The molecule has 0 spiro atoms. The van der Waals surface area contributed by atoms with Crippen LogP contribution in [-0.4, -0.2) is 26.4 Å². The van der Waals surface area contributed by atoms with E-state index in [1.165, 1.54) is 41.5 Å². The third kappa shape index (κ3) is 6.12. The van der Waals surface area contributed by atoms with E-state index in [1.807, 2.05) is 13.0 Å². The van der Waals surface area contributed by atoms with Crippen molar-refractivity contribution < 1.29 is 29.6 Å². The van der Waals surface area contributed by atoms with Crippen molar-refractivity contribution in [3.8, 4) is 17.2 Å². The summed E-state index contributed by atoms with van der Waals surface area (Å²) < 4.78 is 5.43. The first-order valence-corrected chi connectivity index (χ1v) is 11.4.